The summed E-state index contributed by atoms with van der Waals surface area (Å²) in [6.45, 7) is 0.779. The van der Waals surface area contributed by atoms with E-state index in [1.54, 1.807) is 0 Å². The number of hydrogen-bond acceptors (Lipinski definition) is 2. The SMILES string of the molecule is N#CCc1cccc(Br)c1OCC1CC1. The summed E-state index contributed by atoms with van der Waals surface area (Å²) in [6.07, 6.45) is 2.95. The number of nitriles is 1. The Morgan fingerprint density at radius 3 is 2.93 bits per heavy atom. The second-order valence-corrected chi connectivity index (χ2v) is 4.67. The molecular weight excluding hydrogens is 254 g/mol. The van der Waals surface area contributed by atoms with E-state index in [4.69, 9.17) is 10.00 Å². The van der Waals surface area contributed by atoms with Crippen molar-refractivity contribution in [3.63, 3.8) is 0 Å². The molecule has 1 saturated carbocycles. The lowest BCUT2D eigenvalue weighted by atomic mass is 10.1. The van der Waals surface area contributed by atoms with E-state index in [2.05, 4.69) is 22.0 Å². The van der Waals surface area contributed by atoms with Crippen molar-refractivity contribution in [2.75, 3.05) is 6.61 Å². The molecule has 1 aromatic rings. The van der Waals surface area contributed by atoms with Crippen LogP contribution in [-0.4, -0.2) is 6.61 Å². The van der Waals surface area contributed by atoms with E-state index in [1.807, 2.05) is 18.2 Å². The number of benzene rings is 1. The lowest BCUT2D eigenvalue weighted by Crippen LogP contribution is -2.02. The third-order valence-electron chi connectivity index (χ3n) is 2.48. The lowest BCUT2D eigenvalue weighted by Gasteiger charge is -2.11. The van der Waals surface area contributed by atoms with E-state index in [1.165, 1.54) is 12.8 Å². The fraction of sp³-hybridized carbons (Fsp3) is 0.417. The van der Waals surface area contributed by atoms with Crippen molar-refractivity contribution >= 4 is 15.9 Å². The van der Waals surface area contributed by atoms with Crippen LogP contribution in [0.1, 0.15) is 18.4 Å². The average Bonchev–Trinajstić information content (AvgIpc) is 3.01. The van der Waals surface area contributed by atoms with Crippen molar-refractivity contribution in [2.24, 2.45) is 5.92 Å². The number of rotatable bonds is 4. The zero-order chi connectivity index (χ0) is 10.7. The minimum absolute atomic E-state index is 0.402. The van der Waals surface area contributed by atoms with Gasteiger partial charge in [0, 0.05) is 5.56 Å². The van der Waals surface area contributed by atoms with Crippen molar-refractivity contribution < 1.29 is 4.74 Å². The third kappa shape index (κ3) is 2.73. The Hall–Kier alpha value is -1.01. The molecule has 1 aliphatic rings. The van der Waals surface area contributed by atoms with Gasteiger partial charge in [0.15, 0.2) is 0 Å². The normalized spacial score (nSPS) is 14.7. The molecule has 0 atom stereocenters. The van der Waals surface area contributed by atoms with Crippen LogP contribution in [-0.2, 0) is 6.42 Å². The zero-order valence-electron chi connectivity index (χ0n) is 8.37. The van der Waals surface area contributed by atoms with Gasteiger partial charge in [-0.3, -0.25) is 0 Å². The molecule has 15 heavy (non-hydrogen) atoms. The van der Waals surface area contributed by atoms with E-state index in [9.17, 15) is 0 Å². The third-order valence-corrected chi connectivity index (χ3v) is 3.10. The number of nitrogens with zero attached hydrogens (tertiary/aromatic N) is 1. The highest BCUT2D eigenvalue weighted by Crippen LogP contribution is 2.33. The van der Waals surface area contributed by atoms with Gasteiger partial charge in [0.1, 0.15) is 5.75 Å². The molecule has 0 bridgehead atoms. The number of para-hydroxylation sites is 1. The first-order valence-electron chi connectivity index (χ1n) is 5.08. The Labute approximate surface area is 98.0 Å². The topological polar surface area (TPSA) is 33.0 Å². The number of ether oxygens (including phenoxy) is 1. The Balaban J connectivity index is 2.13. The first-order valence-corrected chi connectivity index (χ1v) is 5.87. The van der Waals surface area contributed by atoms with Gasteiger partial charge in [-0.05, 0) is 40.8 Å². The Morgan fingerprint density at radius 1 is 1.47 bits per heavy atom. The molecule has 0 radical (unpaired) electrons. The highest BCUT2D eigenvalue weighted by Gasteiger charge is 2.22. The summed E-state index contributed by atoms with van der Waals surface area (Å²) in [5.74, 6) is 1.57. The summed E-state index contributed by atoms with van der Waals surface area (Å²) in [5.41, 5.74) is 0.965. The molecular formula is C12H12BrNO. The monoisotopic (exact) mass is 265 g/mol. The van der Waals surface area contributed by atoms with Crippen LogP contribution in [0.25, 0.3) is 0 Å². The standard InChI is InChI=1S/C12H12BrNO/c13-11-3-1-2-10(6-7-14)12(11)15-8-9-4-5-9/h1-3,9H,4-6,8H2. The lowest BCUT2D eigenvalue weighted by molar-refractivity contribution is 0.295. The van der Waals surface area contributed by atoms with E-state index in [-0.39, 0.29) is 0 Å². The molecule has 0 heterocycles. The van der Waals surface area contributed by atoms with Crippen molar-refractivity contribution in [2.45, 2.75) is 19.3 Å². The number of hydrogen-bond donors (Lipinski definition) is 0. The second kappa shape index (κ2) is 4.67. The molecule has 0 aromatic heterocycles. The Kier molecular flexibility index (Phi) is 3.27. The van der Waals surface area contributed by atoms with Gasteiger partial charge in [-0.25, -0.2) is 0 Å². The fourth-order valence-electron chi connectivity index (χ4n) is 1.43. The highest BCUT2D eigenvalue weighted by atomic mass is 79.9. The van der Waals surface area contributed by atoms with Crippen molar-refractivity contribution in [3.8, 4) is 11.8 Å². The van der Waals surface area contributed by atoms with Gasteiger partial charge >= 0.3 is 0 Å². The first-order chi connectivity index (χ1) is 7.31. The average molecular weight is 266 g/mol. The zero-order valence-corrected chi connectivity index (χ0v) is 9.96. The summed E-state index contributed by atoms with van der Waals surface area (Å²) in [7, 11) is 0. The first kappa shape index (κ1) is 10.5. The molecule has 2 rings (SSSR count). The summed E-state index contributed by atoms with van der Waals surface area (Å²) in [4.78, 5) is 0. The predicted molar refractivity (Wildman–Crippen MR) is 61.7 cm³/mol. The minimum atomic E-state index is 0.402. The van der Waals surface area contributed by atoms with Crippen LogP contribution >= 0.6 is 15.9 Å². The van der Waals surface area contributed by atoms with E-state index < -0.39 is 0 Å². The van der Waals surface area contributed by atoms with E-state index >= 15 is 0 Å². The summed E-state index contributed by atoms with van der Waals surface area (Å²) >= 11 is 3.45. The van der Waals surface area contributed by atoms with Gasteiger partial charge < -0.3 is 4.74 Å². The fourth-order valence-corrected chi connectivity index (χ4v) is 1.95. The van der Waals surface area contributed by atoms with E-state index in [0.717, 1.165) is 28.3 Å². The molecule has 1 aromatic carbocycles. The Morgan fingerprint density at radius 2 is 2.27 bits per heavy atom. The minimum Gasteiger partial charge on any atom is -0.492 e. The molecule has 0 N–H and O–H groups in total. The van der Waals surface area contributed by atoms with Crippen LogP contribution in [0.4, 0.5) is 0 Å². The predicted octanol–water partition coefficient (Wildman–Crippen LogP) is 3.30. The highest BCUT2D eigenvalue weighted by molar-refractivity contribution is 9.10. The molecule has 1 aliphatic carbocycles. The van der Waals surface area contributed by atoms with Crippen molar-refractivity contribution in [1.29, 1.82) is 5.26 Å². The van der Waals surface area contributed by atoms with Gasteiger partial charge in [-0.15, -0.1) is 0 Å². The summed E-state index contributed by atoms with van der Waals surface area (Å²) in [6, 6.07) is 7.97. The largest absolute Gasteiger partial charge is 0.492 e. The number of halogens is 1. The van der Waals surface area contributed by atoms with Crippen LogP contribution in [0, 0.1) is 17.2 Å². The molecule has 0 spiro atoms. The van der Waals surface area contributed by atoms with Gasteiger partial charge in [-0.1, -0.05) is 12.1 Å². The maximum Gasteiger partial charge on any atom is 0.137 e. The second-order valence-electron chi connectivity index (χ2n) is 3.82. The molecule has 1 fully saturated rings. The molecule has 3 heteroatoms. The maximum atomic E-state index is 8.70. The maximum absolute atomic E-state index is 8.70. The quantitative estimate of drug-likeness (QED) is 0.837. The molecule has 0 aliphatic heterocycles. The van der Waals surface area contributed by atoms with Crippen LogP contribution in [0.15, 0.2) is 22.7 Å². The van der Waals surface area contributed by atoms with E-state index in [0.29, 0.717) is 6.42 Å². The molecule has 0 saturated heterocycles. The van der Waals surface area contributed by atoms with Crippen LogP contribution in [0.3, 0.4) is 0 Å². The van der Waals surface area contributed by atoms with Crippen LogP contribution in [0.2, 0.25) is 0 Å². The summed E-state index contributed by atoms with van der Waals surface area (Å²) in [5, 5.41) is 8.70. The molecule has 0 unspecified atom stereocenters. The van der Waals surface area contributed by atoms with Crippen LogP contribution < -0.4 is 4.74 Å². The van der Waals surface area contributed by atoms with Gasteiger partial charge in [-0.2, -0.15) is 5.26 Å². The molecule has 0 amide bonds. The van der Waals surface area contributed by atoms with Crippen molar-refractivity contribution in [1.82, 2.24) is 0 Å². The molecule has 78 valence electrons. The van der Waals surface area contributed by atoms with Gasteiger partial charge in [0.25, 0.3) is 0 Å². The Bertz CT molecular complexity index is 393. The molecule has 2 nitrogen and oxygen atoms in total. The van der Waals surface area contributed by atoms with Gasteiger partial charge in [0.05, 0.1) is 23.6 Å². The van der Waals surface area contributed by atoms with Gasteiger partial charge in [0.2, 0.25) is 0 Å². The van der Waals surface area contributed by atoms with Crippen molar-refractivity contribution in [3.05, 3.63) is 28.2 Å². The summed E-state index contributed by atoms with van der Waals surface area (Å²) < 4.78 is 6.69. The van der Waals surface area contributed by atoms with Crippen LogP contribution in [0.5, 0.6) is 5.75 Å². The smallest absolute Gasteiger partial charge is 0.137 e.